The molecule has 0 radical (unpaired) electrons. The lowest BCUT2D eigenvalue weighted by Gasteiger charge is -2.13. The van der Waals surface area contributed by atoms with Crippen molar-refractivity contribution in [3.8, 4) is 0 Å². The first-order valence-corrected chi connectivity index (χ1v) is 4.71. The molecule has 1 aromatic carbocycles. The average Bonchev–Trinajstić information content (AvgIpc) is 2.25. The summed E-state index contributed by atoms with van der Waals surface area (Å²) in [7, 11) is 0. The highest BCUT2D eigenvalue weighted by Gasteiger charge is 2.30. The molecule has 1 aromatic rings. The van der Waals surface area contributed by atoms with Crippen LogP contribution >= 0.6 is 0 Å². The molecular weight excluding hydrogens is 221 g/mol. The standard InChI is InChI=1S/C10H13F3N2O/c11-10(12,13)7-2-1-3-9(4-7)15-5-8(14)6-16/h1-4,8,15-16H,5-6,14H2/t8-/m1/s1. The maximum Gasteiger partial charge on any atom is 0.416 e. The molecule has 0 saturated carbocycles. The monoisotopic (exact) mass is 234 g/mol. The van der Waals surface area contributed by atoms with Crippen molar-refractivity contribution in [2.24, 2.45) is 5.73 Å². The van der Waals surface area contributed by atoms with Gasteiger partial charge in [0.2, 0.25) is 0 Å². The Labute approximate surface area is 91.1 Å². The molecule has 0 fully saturated rings. The summed E-state index contributed by atoms with van der Waals surface area (Å²) in [4.78, 5) is 0. The molecule has 1 atom stereocenters. The van der Waals surface area contributed by atoms with Gasteiger partial charge in [-0.1, -0.05) is 6.07 Å². The van der Waals surface area contributed by atoms with E-state index in [4.69, 9.17) is 10.8 Å². The molecule has 0 aromatic heterocycles. The van der Waals surface area contributed by atoms with E-state index in [2.05, 4.69) is 5.32 Å². The number of aliphatic hydroxyl groups excluding tert-OH is 1. The zero-order chi connectivity index (χ0) is 12.2. The second-order valence-corrected chi connectivity index (χ2v) is 3.40. The average molecular weight is 234 g/mol. The first-order chi connectivity index (χ1) is 7.43. The largest absolute Gasteiger partial charge is 0.416 e. The van der Waals surface area contributed by atoms with Crippen molar-refractivity contribution in [2.45, 2.75) is 12.2 Å². The van der Waals surface area contributed by atoms with Crippen molar-refractivity contribution in [1.82, 2.24) is 0 Å². The smallest absolute Gasteiger partial charge is 0.395 e. The Morgan fingerprint density at radius 1 is 1.38 bits per heavy atom. The summed E-state index contributed by atoms with van der Waals surface area (Å²) in [6, 6.07) is 4.34. The predicted octanol–water partition coefficient (Wildman–Crippen LogP) is 1.44. The van der Waals surface area contributed by atoms with Crippen LogP contribution in [0.15, 0.2) is 24.3 Å². The number of hydrogen-bond acceptors (Lipinski definition) is 3. The number of aliphatic hydroxyl groups is 1. The summed E-state index contributed by atoms with van der Waals surface area (Å²) in [5.74, 6) is 0. The molecular formula is C10H13F3N2O. The molecule has 0 aliphatic carbocycles. The molecule has 1 rings (SSSR count). The van der Waals surface area contributed by atoms with E-state index in [1.54, 1.807) is 0 Å². The van der Waals surface area contributed by atoms with Crippen molar-refractivity contribution >= 4 is 5.69 Å². The molecule has 0 spiro atoms. The number of nitrogens with two attached hydrogens (primary N) is 1. The summed E-state index contributed by atoms with van der Waals surface area (Å²) in [5, 5.41) is 11.4. The first kappa shape index (κ1) is 12.8. The quantitative estimate of drug-likeness (QED) is 0.738. The van der Waals surface area contributed by atoms with Gasteiger partial charge in [-0.15, -0.1) is 0 Å². The predicted molar refractivity (Wildman–Crippen MR) is 55.0 cm³/mol. The fraction of sp³-hybridized carbons (Fsp3) is 0.400. The number of hydrogen-bond donors (Lipinski definition) is 3. The minimum atomic E-state index is -4.35. The molecule has 0 heterocycles. The van der Waals surface area contributed by atoms with Gasteiger partial charge >= 0.3 is 6.18 Å². The van der Waals surface area contributed by atoms with Crippen LogP contribution in [0.1, 0.15) is 5.56 Å². The lowest BCUT2D eigenvalue weighted by atomic mass is 10.2. The van der Waals surface area contributed by atoms with Crippen molar-refractivity contribution in [2.75, 3.05) is 18.5 Å². The number of benzene rings is 1. The molecule has 0 amide bonds. The van der Waals surface area contributed by atoms with Crippen molar-refractivity contribution in [1.29, 1.82) is 0 Å². The zero-order valence-corrected chi connectivity index (χ0v) is 8.46. The van der Waals surface area contributed by atoms with Gasteiger partial charge in [0.25, 0.3) is 0 Å². The lowest BCUT2D eigenvalue weighted by molar-refractivity contribution is -0.137. The molecule has 0 aliphatic rings. The van der Waals surface area contributed by atoms with Crippen LogP contribution in [0.2, 0.25) is 0 Å². The molecule has 90 valence electrons. The lowest BCUT2D eigenvalue weighted by Crippen LogP contribution is -2.32. The third-order valence-corrected chi connectivity index (χ3v) is 1.99. The number of nitrogens with one attached hydrogen (secondary N) is 1. The Bertz CT molecular complexity index is 341. The molecule has 0 unspecified atom stereocenters. The van der Waals surface area contributed by atoms with Gasteiger partial charge in [-0.25, -0.2) is 0 Å². The SMILES string of the molecule is N[C@@H](CO)CNc1cccc(C(F)(F)F)c1. The van der Waals surface area contributed by atoms with Crippen LogP contribution in [0.5, 0.6) is 0 Å². The Hall–Kier alpha value is -1.27. The summed E-state index contributed by atoms with van der Waals surface area (Å²) < 4.78 is 37.0. The second kappa shape index (κ2) is 5.18. The number of alkyl halides is 3. The highest BCUT2D eigenvalue weighted by Crippen LogP contribution is 2.30. The highest BCUT2D eigenvalue weighted by atomic mass is 19.4. The Morgan fingerprint density at radius 2 is 2.06 bits per heavy atom. The van der Waals surface area contributed by atoms with Gasteiger partial charge in [-0.3, -0.25) is 0 Å². The maximum absolute atomic E-state index is 12.3. The van der Waals surface area contributed by atoms with Crippen LogP contribution in [-0.4, -0.2) is 24.3 Å². The van der Waals surface area contributed by atoms with E-state index in [0.29, 0.717) is 5.69 Å². The topological polar surface area (TPSA) is 58.3 Å². The summed E-state index contributed by atoms with van der Waals surface area (Å²) in [5.41, 5.74) is 5.03. The minimum Gasteiger partial charge on any atom is -0.395 e. The normalized spacial score (nSPS) is 13.6. The van der Waals surface area contributed by atoms with Gasteiger partial charge < -0.3 is 16.2 Å². The van der Waals surface area contributed by atoms with Gasteiger partial charge in [-0.2, -0.15) is 13.2 Å². The zero-order valence-electron chi connectivity index (χ0n) is 8.46. The van der Waals surface area contributed by atoms with Gasteiger partial charge in [0.15, 0.2) is 0 Å². The molecule has 16 heavy (non-hydrogen) atoms. The van der Waals surface area contributed by atoms with Gasteiger partial charge in [0, 0.05) is 18.3 Å². The molecule has 0 bridgehead atoms. The van der Waals surface area contributed by atoms with E-state index in [1.165, 1.54) is 12.1 Å². The maximum atomic E-state index is 12.3. The second-order valence-electron chi connectivity index (χ2n) is 3.40. The van der Waals surface area contributed by atoms with Gasteiger partial charge in [-0.05, 0) is 18.2 Å². The third kappa shape index (κ3) is 3.71. The number of anilines is 1. The Kier molecular flexibility index (Phi) is 4.14. The summed E-state index contributed by atoms with van der Waals surface area (Å²) in [6.45, 7) is 0.00374. The van der Waals surface area contributed by atoms with E-state index in [1.807, 2.05) is 0 Å². The molecule has 0 aliphatic heterocycles. The van der Waals surface area contributed by atoms with E-state index < -0.39 is 17.8 Å². The summed E-state index contributed by atoms with van der Waals surface area (Å²) >= 11 is 0. The van der Waals surface area contributed by atoms with E-state index in [-0.39, 0.29) is 13.2 Å². The molecule has 3 nitrogen and oxygen atoms in total. The number of rotatable bonds is 4. The number of halogens is 3. The fourth-order valence-electron chi connectivity index (χ4n) is 1.12. The molecule has 0 saturated heterocycles. The highest BCUT2D eigenvalue weighted by molar-refractivity contribution is 5.46. The first-order valence-electron chi connectivity index (χ1n) is 4.71. The van der Waals surface area contributed by atoms with Crippen LogP contribution in [0.3, 0.4) is 0 Å². The third-order valence-electron chi connectivity index (χ3n) is 1.99. The summed E-state index contributed by atoms with van der Waals surface area (Å²) in [6.07, 6.45) is -4.35. The van der Waals surface area contributed by atoms with Crippen LogP contribution in [0.4, 0.5) is 18.9 Å². The fourth-order valence-corrected chi connectivity index (χ4v) is 1.12. The van der Waals surface area contributed by atoms with Crippen molar-refractivity contribution in [3.05, 3.63) is 29.8 Å². The molecule has 4 N–H and O–H groups in total. The van der Waals surface area contributed by atoms with E-state index in [9.17, 15) is 13.2 Å². The van der Waals surface area contributed by atoms with Crippen molar-refractivity contribution in [3.63, 3.8) is 0 Å². The Morgan fingerprint density at radius 3 is 2.62 bits per heavy atom. The molecule has 6 heteroatoms. The van der Waals surface area contributed by atoms with Crippen LogP contribution < -0.4 is 11.1 Å². The van der Waals surface area contributed by atoms with Gasteiger partial charge in [0.05, 0.1) is 12.2 Å². The van der Waals surface area contributed by atoms with Crippen LogP contribution in [0.25, 0.3) is 0 Å². The Balaban J connectivity index is 2.68. The van der Waals surface area contributed by atoms with E-state index >= 15 is 0 Å². The van der Waals surface area contributed by atoms with Crippen LogP contribution in [0, 0.1) is 0 Å². The van der Waals surface area contributed by atoms with Crippen LogP contribution in [-0.2, 0) is 6.18 Å². The minimum absolute atomic E-state index is 0.216. The van der Waals surface area contributed by atoms with Crippen molar-refractivity contribution < 1.29 is 18.3 Å². The van der Waals surface area contributed by atoms with E-state index in [0.717, 1.165) is 12.1 Å². The van der Waals surface area contributed by atoms with Gasteiger partial charge in [0.1, 0.15) is 0 Å².